The fraction of sp³-hybridized carbons (Fsp3) is 0.214. The van der Waals surface area contributed by atoms with E-state index >= 15 is 0 Å². The molecule has 0 bridgehead atoms. The van der Waals surface area contributed by atoms with Gasteiger partial charge in [0.15, 0.2) is 0 Å². The minimum absolute atomic E-state index is 0.297. The fourth-order valence-corrected chi connectivity index (χ4v) is 3.16. The lowest BCUT2D eigenvalue weighted by Crippen LogP contribution is -2.08. The SMILES string of the molecule is CCC(Nc1cc(Br)cc(C#N)c1)c1cccs1. The van der Waals surface area contributed by atoms with Gasteiger partial charge in [0.05, 0.1) is 17.7 Å². The number of benzene rings is 1. The van der Waals surface area contributed by atoms with E-state index in [0.29, 0.717) is 11.6 Å². The molecule has 1 N–H and O–H groups in total. The molecule has 0 saturated heterocycles. The summed E-state index contributed by atoms with van der Waals surface area (Å²) in [6.45, 7) is 2.15. The standard InChI is InChI=1S/C14H13BrN2S/c1-2-13(14-4-3-5-18-14)17-12-7-10(9-16)6-11(15)8-12/h3-8,13,17H,2H2,1H3. The van der Waals surface area contributed by atoms with Gasteiger partial charge in [0.25, 0.3) is 0 Å². The minimum atomic E-state index is 0.297. The molecular weight excluding hydrogens is 308 g/mol. The van der Waals surface area contributed by atoms with Gasteiger partial charge in [0.1, 0.15) is 0 Å². The van der Waals surface area contributed by atoms with Crippen molar-refractivity contribution in [3.63, 3.8) is 0 Å². The van der Waals surface area contributed by atoms with Crippen molar-refractivity contribution in [2.24, 2.45) is 0 Å². The zero-order valence-corrected chi connectivity index (χ0v) is 12.4. The van der Waals surface area contributed by atoms with Crippen LogP contribution in [0.5, 0.6) is 0 Å². The summed E-state index contributed by atoms with van der Waals surface area (Å²) in [6.07, 6.45) is 1.01. The lowest BCUT2D eigenvalue weighted by molar-refractivity contribution is 0.764. The number of hydrogen-bond acceptors (Lipinski definition) is 3. The molecule has 0 aliphatic heterocycles. The molecule has 2 aromatic rings. The number of rotatable bonds is 4. The van der Waals surface area contributed by atoms with E-state index in [1.54, 1.807) is 11.3 Å². The molecule has 0 spiro atoms. The molecule has 4 heteroatoms. The van der Waals surface area contributed by atoms with E-state index in [0.717, 1.165) is 16.6 Å². The smallest absolute Gasteiger partial charge is 0.0992 e. The lowest BCUT2D eigenvalue weighted by Gasteiger charge is -2.17. The van der Waals surface area contributed by atoms with Crippen LogP contribution < -0.4 is 5.32 Å². The molecular formula is C14H13BrN2S. The van der Waals surface area contributed by atoms with Gasteiger partial charge in [-0.25, -0.2) is 0 Å². The maximum atomic E-state index is 8.97. The molecule has 0 aliphatic rings. The van der Waals surface area contributed by atoms with Gasteiger partial charge in [-0.1, -0.05) is 28.9 Å². The van der Waals surface area contributed by atoms with Crippen LogP contribution in [0.3, 0.4) is 0 Å². The van der Waals surface area contributed by atoms with Crippen molar-refractivity contribution < 1.29 is 0 Å². The molecule has 0 radical (unpaired) electrons. The molecule has 0 saturated carbocycles. The second-order valence-corrected chi connectivity index (χ2v) is 5.86. The molecule has 92 valence electrons. The van der Waals surface area contributed by atoms with Crippen LogP contribution >= 0.6 is 27.3 Å². The Morgan fingerprint density at radius 1 is 1.44 bits per heavy atom. The van der Waals surface area contributed by atoms with Crippen LogP contribution in [0.2, 0.25) is 0 Å². The Morgan fingerprint density at radius 2 is 2.28 bits per heavy atom. The van der Waals surface area contributed by atoms with Crippen molar-refractivity contribution in [1.29, 1.82) is 5.26 Å². The summed E-state index contributed by atoms with van der Waals surface area (Å²) < 4.78 is 0.921. The molecule has 1 atom stereocenters. The normalized spacial score (nSPS) is 11.8. The van der Waals surface area contributed by atoms with E-state index in [1.165, 1.54) is 4.88 Å². The van der Waals surface area contributed by atoms with Gasteiger partial charge in [0, 0.05) is 15.0 Å². The molecule has 1 aromatic heterocycles. The summed E-state index contributed by atoms with van der Waals surface area (Å²) in [5.41, 5.74) is 1.63. The second kappa shape index (κ2) is 6.03. The maximum absolute atomic E-state index is 8.97. The van der Waals surface area contributed by atoms with E-state index in [-0.39, 0.29) is 0 Å². The van der Waals surface area contributed by atoms with E-state index in [9.17, 15) is 0 Å². The monoisotopic (exact) mass is 320 g/mol. The molecule has 0 aliphatic carbocycles. The average Bonchev–Trinajstić information content (AvgIpc) is 2.89. The Morgan fingerprint density at radius 3 is 2.89 bits per heavy atom. The number of hydrogen-bond donors (Lipinski definition) is 1. The third-order valence-corrected chi connectivity index (χ3v) is 4.11. The molecule has 1 aromatic carbocycles. The third-order valence-electron chi connectivity index (χ3n) is 2.66. The zero-order chi connectivity index (χ0) is 13.0. The summed E-state index contributed by atoms with van der Waals surface area (Å²) in [7, 11) is 0. The first-order valence-electron chi connectivity index (χ1n) is 5.73. The summed E-state index contributed by atoms with van der Waals surface area (Å²) in [6, 6.07) is 12.3. The molecule has 0 amide bonds. The predicted molar refractivity (Wildman–Crippen MR) is 79.8 cm³/mol. The minimum Gasteiger partial charge on any atom is -0.377 e. The van der Waals surface area contributed by atoms with Crippen molar-refractivity contribution >= 4 is 33.0 Å². The van der Waals surface area contributed by atoms with E-state index < -0.39 is 0 Å². The number of anilines is 1. The number of halogens is 1. The first kappa shape index (κ1) is 13.1. The highest BCUT2D eigenvalue weighted by Crippen LogP contribution is 2.28. The van der Waals surface area contributed by atoms with Crippen LogP contribution in [0, 0.1) is 11.3 Å². The Kier molecular flexibility index (Phi) is 4.40. The van der Waals surface area contributed by atoms with Gasteiger partial charge in [-0.05, 0) is 36.1 Å². The Labute approximate surface area is 119 Å². The van der Waals surface area contributed by atoms with Crippen LogP contribution in [-0.2, 0) is 0 Å². The van der Waals surface area contributed by atoms with Crippen molar-refractivity contribution in [2.45, 2.75) is 19.4 Å². The summed E-state index contributed by atoms with van der Waals surface area (Å²) in [5.74, 6) is 0. The first-order valence-corrected chi connectivity index (χ1v) is 7.41. The molecule has 1 unspecified atom stereocenters. The largest absolute Gasteiger partial charge is 0.377 e. The molecule has 2 nitrogen and oxygen atoms in total. The van der Waals surface area contributed by atoms with Crippen LogP contribution in [-0.4, -0.2) is 0 Å². The van der Waals surface area contributed by atoms with Gasteiger partial charge in [-0.15, -0.1) is 11.3 Å². The van der Waals surface area contributed by atoms with Crippen LogP contribution in [0.1, 0.15) is 29.8 Å². The molecule has 18 heavy (non-hydrogen) atoms. The quantitative estimate of drug-likeness (QED) is 0.865. The van der Waals surface area contributed by atoms with Crippen molar-refractivity contribution in [2.75, 3.05) is 5.32 Å². The van der Waals surface area contributed by atoms with E-state index in [4.69, 9.17) is 5.26 Å². The lowest BCUT2D eigenvalue weighted by atomic mass is 10.1. The van der Waals surface area contributed by atoms with Gasteiger partial charge < -0.3 is 5.32 Å². The Hall–Kier alpha value is -1.31. The molecule has 2 rings (SSSR count). The van der Waals surface area contributed by atoms with Crippen molar-refractivity contribution in [3.8, 4) is 6.07 Å². The summed E-state index contributed by atoms with van der Waals surface area (Å²) >= 11 is 5.18. The Balaban J connectivity index is 2.22. The van der Waals surface area contributed by atoms with Crippen molar-refractivity contribution in [1.82, 2.24) is 0 Å². The highest BCUT2D eigenvalue weighted by Gasteiger charge is 2.10. The number of nitriles is 1. The molecule has 1 heterocycles. The first-order chi connectivity index (χ1) is 8.72. The average molecular weight is 321 g/mol. The van der Waals surface area contributed by atoms with Gasteiger partial charge in [-0.3, -0.25) is 0 Å². The van der Waals surface area contributed by atoms with E-state index in [2.05, 4.69) is 51.8 Å². The zero-order valence-electron chi connectivity index (χ0n) is 9.98. The predicted octanol–water partition coefficient (Wildman–Crippen LogP) is 4.95. The highest BCUT2D eigenvalue weighted by atomic mass is 79.9. The van der Waals surface area contributed by atoms with Crippen LogP contribution in [0.15, 0.2) is 40.2 Å². The summed E-state index contributed by atoms with van der Waals surface area (Å²) in [4.78, 5) is 1.32. The highest BCUT2D eigenvalue weighted by molar-refractivity contribution is 9.10. The van der Waals surface area contributed by atoms with Crippen LogP contribution in [0.4, 0.5) is 5.69 Å². The van der Waals surface area contributed by atoms with Crippen molar-refractivity contribution in [3.05, 3.63) is 50.6 Å². The topological polar surface area (TPSA) is 35.8 Å². The molecule has 0 fully saturated rings. The van der Waals surface area contributed by atoms with Gasteiger partial charge in [0.2, 0.25) is 0 Å². The van der Waals surface area contributed by atoms with Gasteiger partial charge in [-0.2, -0.15) is 5.26 Å². The van der Waals surface area contributed by atoms with E-state index in [1.807, 2.05) is 18.2 Å². The number of nitrogens with one attached hydrogen (secondary N) is 1. The summed E-state index contributed by atoms with van der Waals surface area (Å²) in [5, 5.41) is 14.5. The number of nitrogens with zero attached hydrogens (tertiary/aromatic N) is 1. The second-order valence-electron chi connectivity index (χ2n) is 3.96. The Bertz CT molecular complexity index is 558. The number of thiophene rings is 1. The third kappa shape index (κ3) is 3.12. The fourth-order valence-electron chi connectivity index (χ4n) is 1.80. The van der Waals surface area contributed by atoms with Gasteiger partial charge >= 0.3 is 0 Å². The maximum Gasteiger partial charge on any atom is 0.0992 e. The van der Waals surface area contributed by atoms with Crippen LogP contribution in [0.25, 0.3) is 0 Å².